The fourth-order valence-corrected chi connectivity index (χ4v) is 2.91. The molecule has 0 spiro atoms. The summed E-state index contributed by atoms with van der Waals surface area (Å²) >= 11 is 1.57. The predicted molar refractivity (Wildman–Crippen MR) is 72.4 cm³/mol. The van der Waals surface area contributed by atoms with Crippen molar-refractivity contribution in [2.24, 2.45) is 0 Å². The zero-order valence-electron chi connectivity index (χ0n) is 10.5. The smallest absolute Gasteiger partial charge is 0.184 e. The SMILES string of the molecule is O=C(CCC1CCCO1)c1cc(-c2cccs2)on1. The van der Waals surface area contributed by atoms with Crippen molar-refractivity contribution in [3.05, 3.63) is 29.3 Å². The van der Waals surface area contributed by atoms with Gasteiger partial charge in [0.15, 0.2) is 11.5 Å². The third kappa shape index (κ3) is 2.93. The quantitative estimate of drug-likeness (QED) is 0.784. The van der Waals surface area contributed by atoms with Gasteiger partial charge < -0.3 is 9.26 Å². The predicted octanol–water partition coefficient (Wildman–Crippen LogP) is 3.55. The van der Waals surface area contributed by atoms with Crippen molar-refractivity contribution >= 4 is 17.1 Å². The first kappa shape index (κ1) is 12.6. The second-order valence-electron chi connectivity index (χ2n) is 4.65. The summed E-state index contributed by atoms with van der Waals surface area (Å²) < 4.78 is 10.7. The lowest BCUT2D eigenvalue weighted by molar-refractivity contribution is 0.0853. The van der Waals surface area contributed by atoms with Crippen LogP contribution in [0.5, 0.6) is 0 Å². The van der Waals surface area contributed by atoms with Gasteiger partial charge in [-0.05, 0) is 30.7 Å². The molecule has 0 radical (unpaired) electrons. The topological polar surface area (TPSA) is 52.3 Å². The number of rotatable bonds is 5. The van der Waals surface area contributed by atoms with Crippen LogP contribution in [0.1, 0.15) is 36.2 Å². The van der Waals surface area contributed by atoms with Gasteiger partial charge in [0.25, 0.3) is 0 Å². The number of hydrogen-bond acceptors (Lipinski definition) is 5. The van der Waals surface area contributed by atoms with E-state index >= 15 is 0 Å². The highest BCUT2D eigenvalue weighted by atomic mass is 32.1. The number of nitrogens with zero attached hydrogens (tertiary/aromatic N) is 1. The van der Waals surface area contributed by atoms with Crippen LogP contribution in [0, 0.1) is 0 Å². The molecule has 100 valence electrons. The summed E-state index contributed by atoms with van der Waals surface area (Å²) in [5.74, 6) is 0.692. The zero-order valence-corrected chi connectivity index (χ0v) is 11.3. The molecule has 2 aromatic heterocycles. The first-order valence-electron chi connectivity index (χ1n) is 6.48. The molecule has 19 heavy (non-hydrogen) atoms. The third-order valence-electron chi connectivity index (χ3n) is 3.28. The van der Waals surface area contributed by atoms with Crippen molar-refractivity contribution in [2.75, 3.05) is 6.61 Å². The summed E-state index contributed by atoms with van der Waals surface area (Å²) in [5.41, 5.74) is 0.418. The van der Waals surface area contributed by atoms with Crippen molar-refractivity contribution < 1.29 is 14.1 Å². The molecule has 1 aliphatic rings. The Bertz CT molecular complexity index is 541. The van der Waals surface area contributed by atoms with E-state index in [1.165, 1.54) is 0 Å². The molecule has 1 saturated heterocycles. The monoisotopic (exact) mass is 277 g/mol. The van der Waals surface area contributed by atoms with Crippen molar-refractivity contribution in [3.8, 4) is 10.6 Å². The number of ether oxygens (including phenoxy) is 1. The fraction of sp³-hybridized carbons (Fsp3) is 0.429. The highest BCUT2D eigenvalue weighted by Crippen LogP contribution is 2.26. The number of carbonyl (C=O) groups is 1. The summed E-state index contributed by atoms with van der Waals surface area (Å²) in [6, 6.07) is 5.62. The number of thiophene rings is 1. The van der Waals surface area contributed by atoms with Gasteiger partial charge >= 0.3 is 0 Å². The molecule has 0 N–H and O–H groups in total. The van der Waals surface area contributed by atoms with E-state index in [0.29, 0.717) is 17.9 Å². The van der Waals surface area contributed by atoms with Gasteiger partial charge in [-0.15, -0.1) is 11.3 Å². The van der Waals surface area contributed by atoms with Crippen molar-refractivity contribution in [3.63, 3.8) is 0 Å². The van der Waals surface area contributed by atoms with Gasteiger partial charge in [0.1, 0.15) is 5.69 Å². The summed E-state index contributed by atoms with van der Waals surface area (Å²) in [6.45, 7) is 0.825. The van der Waals surface area contributed by atoms with Gasteiger partial charge in [-0.1, -0.05) is 11.2 Å². The zero-order chi connectivity index (χ0) is 13.1. The normalized spacial score (nSPS) is 18.8. The highest BCUT2D eigenvalue weighted by Gasteiger charge is 2.19. The van der Waals surface area contributed by atoms with Crippen LogP contribution in [0.4, 0.5) is 0 Å². The van der Waals surface area contributed by atoms with Crippen molar-refractivity contribution in [1.29, 1.82) is 0 Å². The van der Waals surface area contributed by atoms with Crippen LogP contribution in [0.2, 0.25) is 0 Å². The molecule has 1 aliphatic heterocycles. The van der Waals surface area contributed by atoms with Gasteiger partial charge in [0, 0.05) is 19.1 Å². The van der Waals surface area contributed by atoms with Gasteiger partial charge in [-0.2, -0.15) is 0 Å². The van der Waals surface area contributed by atoms with E-state index in [2.05, 4.69) is 5.16 Å². The van der Waals surface area contributed by atoms with E-state index in [1.807, 2.05) is 17.5 Å². The number of hydrogen-bond donors (Lipinski definition) is 0. The van der Waals surface area contributed by atoms with Crippen LogP contribution in [-0.4, -0.2) is 23.7 Å². The highest BCUT2D eigenvalue weighted by molar-refractivity contribution is 7.13. The van der Waals surface area contributed by atoms with E-state index in [0.717, 1.165) is 30.7 Å². The minimum atomic E-state index is 0.0297. The van der Waals surface area contributed by atoms with Crippen LogP contribution >= 0.6 is 11.3 Å². The maximum Gasteiger partial charge on any atom is 0.184 e. The molecule has 0 bridgehead atoms. The van der Waals surface area contributed by atoms with Crippen LogP contribution < -0.4 is 0 Å². The molecular weight excluding hydrogens is 262 g/mol. The second-order valence-corrected chi connectivity index (χ2v) is 5.60. The molecule has 1 unspecified atom stereocenters. The van der Waals surface area contributed by atoms with Crippen LogP contribution in [-0.2, 0) is 4.74 Å². The molecular formula is C14H15NO3S. The third-order valence-corrected chi connectivity index (χ3v) is 4.16. The molecule has 1 fully saturated rings. The Morgan fingerprint density at radius 2 is 2.47 bits per heavy atom. The van der Waals surface area contributed by atoms with Crippen LogP contribution in [0.15, 0.2) is 28.1 Å². The van der Waals surface area contributed by atoms with E-state index in [4.69, 9.17) is 9.26 Å². The first-order valence-corrected chi connectivity index (χ1v) is 7.36. The minimum absolute atomic E-state index is 0.0297. The molecule has 3 rings (SSSR count). The van der Waals surface area contributed by atoms with Crippen molar-refractivity contribution in [1.82, 2.24) is 5.16 Å². The van der Waals surface area contributed by atoms with Crippen LogP contribution in [0.3, 0.4) is 0 Å². The number of Topliss-reactive ketones (excluding diaryl/α,β-unsaturated/α-hetero) is 1. The first-order chi connectivity index (χ1) is 9.33. The van der Waals surface area contributed by atoms with Crippen molar-refractivity contribution in [2.45, 2.75) is 31.8 Å². The van der Waals surface area contributed by atoms with Gasteiger partial charge in [-0.25, -0.2) is 0 Å². The van der Waals surface area contributed by atoms with Crippen LogP contribution in [0.25, 0.3) is 10.6 Å². The molecule has 2 aromatic rings. The van der Waals surface area contributed by atoms with Gasteiger partial charge in [0.05, 0.1) is 11.0 Å². The Kier molecular flexibility index (Phi) is 3.75. The number of ketones is 1. The Hall–Kier alpha value is -1.46. The summed E-state index contributed by atoms with van der Waals surface area (Å²) in [7, 11) is 0. The molecule has 3 heterocycles. The average molecular weight is 277 g/mol. The Morgan fingerprint density at radius 3 is 3.21 bits per heavy atom. The Morgan fingerprint density at radius 1 is 1.53 bits per heavy atom. The van der Waals surface area contributed by atoms with E-state index < -0.39 is 0 Å². The maximum absolute atomic E-state index is 12.0. The average Bonchev–Trinajstić information content (AvgIpc) is 3.14. The summed E-state index contributed by atoms with van der Waals surface area (Å²) in [6.07, 6.45) is 3.66. The molecule has 4 nitrogen and oxygen atoms in total. The largest absolute Gasteiger partial charge is 0.378 e. The molecule has 0 aromatic carbocycles. The molecule has 0 aliphatic carbocycles. The lowest BCUT2D eigenvalue weighted by atomic mass is 10.1. The van der Waals surface area contributed by atoms with Gasteiger partial charge in [-0.3, -0.25) is 4.79 Å². The fourth-order valence-electron chi connectivity index (χ4n) is 2.23. The van der Waals surface area contributed by atoms with Gasteiger partial charge in [0.2, 0.25) is 0 Å². The summed E-state index contributed by atoms with van der Waals surface area (Å²) in [4.78, 5) is 13.0. The Balaban J connectivity index is 1.60. The maximum atomic E-state index is 12.0. The Labute approximate surface area is 115 Å². The molecule has 5 heteroatoms. The second kappa shape index (κ2) is 5.67. The minimum Gasteiger partial charge on any atom is -0.378 e. The lowest BCUT2D eigenvalue weighted by Gasteiger charge is -2.06. The number of carbonyl (C=O) groups excluding carboxylic acids is 1. The number of aromatic nitrogens is 1. The van der Waals surface area contributed by atoms with E-state index in [1.54, 1.807) is 17.4 Å². The lowest BCUT2D eigenvalue weighted by Crippen LogP contribution is -2.09. The van der Waals surface area contributed by atoms with E-state index in [-0.39, 0.29) is 11.9 Å². The standard InChI is InChI=1S/C14H15NO3S/c16-12(6-5-10-3-1-7-17-10)11-9-13(18-15-11)14-4-2-8-19-14/h2,4,8-10H,1,3,5-7H2. The molecule has 1 atom stereocenters. The molecule has 0 saturated carbocycles. The van der Waals surface area contributed by atoms with E-state index in [9.17, 15) is 4.79 Å². The summed E-state index contributed by atoms with van der Waals surface area (Å²) in [5, 5.41) is 5.83. The molecule has 0 amide bonds.